The highest BCUT2D eigenvalue weighted by atomic mass is 79.9. The summed E-state index contributed by atoms with van der Waals surface area (Å²) in [5.41, 5.74) is 3.36. The molecule has 1 amide bonds. The molecule has 0 bridgehead atoms. The lowest BCUT2D eigenvalue weighted by Crippen LogP contribution is -2.36. The molecule has 1 N–H and O–H groups in total. The first-order chi connectivity index (χ1) is 12.8. The average Bonchev–Trinajstić information content (AvgIpc) is 2.65. The molecule has 5 nitrogen and oxygen atoms in total. The summed E-state index contributed by atoms with van der Waals surface area (Å²) in [6.45, 7) is 4.35. The second-order valence-corrected chi connectivity index (χ2v) is 9.37. The molecule has 0 fully saturated rings. The van der Waals surface area contributed by atoms with Gasteiger partial charge in [0.15, 0.2) is 0 Å². The van der Waals surface area contributed by atoms with E-state index in [1.165, 1.54) is 4.31 Å². The number of carbonyl (C=O) groups is 1. The van der Waals surface area contributed by atoms with Gasteiger partial charge in [-0.1, -0.05) is 39.7 Å². The van der Waals surface area contributed by atoms with Crippen LogP contribution in [0, 0.1) is 13.8 Å². The number of amides is 1. The van der Waals surface area contributed by atoms with Gasteiger partial charge in [-0.2, -0.15) is 4.31 Å². The summed E-state index contributed by atoms with van der Waals surface area (Å²) in [6.07, 6.45) is 2.07. The normalized spacial score (nSPS) is 15.3. The van der Waals surface area contributed by atoms with Gasteiger partial charge in [-0.05, 0) is 56.2 Å². The van der Waals surface area contributed by atoms with Crippen molar-refractivity contribution < 1.29 is 13.2 Å². The maximum atomic E-state index is 12.7. The van der Waals surface area contributed by atoms with E-state index in [2.05, 4.69) is 21.2 Å². The lowest BCUT2D eigenvalue weighted by molar-refractivity contribution is -0.113. The van der Waals surface area contributed by atoms with Gasteiger partial charge in [0.1, 0.15) is 0 Å². The van der Waals surface area contributed by atoms with Crippen LogP contribution in [0.4, 0.5) is 5.69 Å². The first kappa shape index (κ1) is 19.8. The number of sulfonamides is 1. The molecule has 0 aliphatic carbocycles. The molecule has 1 aliphatic rings. The number of halogens is 1. The van der Waals surface area contributed by atoms with E-state index in [9.17, 15) is 13.2 Å². The number of rotatable bonds is 4. The van der Waals surface area contributed by atoms with Crippen molar-refractivity contribution in [3.05, 3.63) is 69.7 Å². The Morgan fingerprint density at radius 3 is 2.41 bits per heavy atom. The van der Waals surface area contributed by atoms with Crippen LogP contribution in [0.5, 0.6) is 0 Å². The van der Waals surface area contributed by atoms with Crippen molar-refractivity contribution in [2.24, 2.45) is 0 Å². The number of carbonyl (C=O) groups excluding carboxylic acids is 1. The largest absolute Gasteiger partial charge is 0.322 e. The third-order valence-electron chi connectivity index (χ3n) is 4.54. The number of hydrogen-bond donors (Lipinski definition) is 1. The minimum absolute atomic E-state index is 0.191. The fourth-order valence-corrected chi connectivity index (χ4v) is 4.50. The second kappa shape index (κ2) is 7.96. The fraction of sp³-hybridized carbons (Fsp3) is 0.250. The van der Waals surface area contributed by atoms with Crippen LogP contribution in [-0.2, 0) is 14.8 Å². The van der Waals surface area contributed by atoms with Crippen LogP contribution in [0.25, 0.3) is 0 Å². The van der Waals surface area contributed by atoms with Crippen molar-refractivity contribution in [1.29, 1.82) is 0 Å². The van der Waals surface area contributed by atoms with Crippen LogP contribution < -0.4 is 5.32 Å². The minimum atomic E-state index is -3.55. The highest BCUT2D eigenvalue weighted by molar-refractivity contribution is 9.10. The zero-order valence-electron chi connectivity index (χ0n) is 15.2. The predicted octanol–water partition coefficient (Wildman–Crippen LogP) is 4.03. The molecule has 0 spiro atoms. The van der Waals surface area contributed by atoms with Gasteiger partial charge in [0.25, 0.3) is 5.91 Å². The third-order valence-corrected chi connectivity index (χ3v) is 7.31. The first-order valence-corrected chi connectivity index (χ1v) is 10.8. The molecule has 0 aromatic heterocycles. The molecular formula is C20H21BrN2O3S. The molecule has 0 radical (unpaired) electrons. The number of benzene rings is 2. The van der Waals surface area contributed by atoms with Gasteiger partial charge in [0.2, 0.25) is 10.0 Å². The smallest absolute Gasteiger partial charge is 0.251 e. The second-order valence-electron chi connectivity index (χ2n) is 6.57. The topological polar surface area (TPSA) is 66.5 Å². The zero-order valence-corrected chi connectivity index (χ0v) is 17.6. The first-order valence-electron chi connectivity index (χ1n) is 8.61. The predicted molar refractivity (Wildman–Crippen MR) is 110 cm³/mol. The Hall–Kier alpha value is -1.96. The summed E-state index contributed by atoms with van der Waals surface area (Å²) in [4.78, 5) is 12.7. The molecular weight excluding hydrogens is 428 g/mol. The van der Waals surface area contributed by atoms with Crippen LogP contribution in [0.2, 0.25) is 0 Å². The van der Waals surface area contributed by atoms with Crippen molar-refractivity contribution >= 4 is 37.5 Å². The summed E-state index contributed by atoms with van der Waals surface area (Å²) < 4.78 is 27.8. The zero-order chi connectivity index (χ0) is 19.6. The van der Waals surface area contributed by atoms with Crippen molar-refractivity contribution in [2.45, 2.75) is 25.2 Å². The summed E-state index contributed by atoms with van der Waals surface area (Å²) in [5, 5.41) is 2.88. The Bertz CT molecular complexity index is 998. The monoisotopic (exact) mass is 448 g/mol. The maximum Gasteiger partial charge on any atom is 0.251 e. The Morgan fingerprint density at radius 2 is 1.81 bits per heavy atom. The lowest BCUT2D eigenvalue weighted by atomic mass is 10.1. The Labute approximate surface area is 168 Å². The summed E-state index contributed by atoms with van der Waals surface area (Å²) >= 11 is 3.43. The van der Waals surface area contributed by atoms with Crippen LogP contribution in [-0.4, -0.2) is 31.7 Å². The van der Waals surface area contributed by atoms with Crippen molar-refractivity contribution in [2.75, 3.05) is 18.4 Å². The Kier molecular flexibility index (Phi) is 5.83. The van der Waals surface area contributed by atoms with E-state index in [0.29, 0.717) is 12.0 Å². The molecule has 1 aliphatic heterocycles. The number of anilines is 1. The molecule has 142 valence electrons. The molecule has 0 unspecified atom stereocenters. The highest BCUT2D eigenvalue weighted by Crippen LogP contribution is 2.23. The SMILES string of the molecule is Cc1ccc(S(=O)(=O)N2CC=C(C(=O)Nc3ccc(Br)c(C)c3)CC2)cc1. The number of nitrogens with one attached hydrogen (secondary N) is 1. The van der Waals surface area contributed by atoms with Crippen LogP contribution in [0.15, 0.2) is 63.5 Å². The minimum Gasteiger partial charge on any atom is -0.322 e. The van der Waals surface area contributed by atoms with E-state index in [1.807, 2.05) is 32.0 Å². The summed E-state index contributed by atoms with van der Waals surface area (Å²) in [7, 11) is -3.55. The van der Waals surface area contributed by atoms with E-state index in [4.69, 9.17) is 0 Å². The molecule has 2 aromatic rings. The summed E-state index contributed by atoms with van der Waals surface area (Å²) in [6, 6.07) is 12.4. The van der Waals surface area contributed by atoms with E-state index in [1.54, 1.807) is 30.3 Å². The summed E-state index contributed by atoms with van der Waals surface area (Å²) in [5.74, 6) is -0.191. The van der Waals surface area contributed by atoms with Crippen molar-refractivity contribution in [3.63, 3.8) is 0 Å². The van der Waals surface area contributed by atoms with E-state index in [0.717, 1.165) is 21.3 Å². The van der Waals surface area contributed by atoms with Crippen LogP contribution in [0.3, 0.4) is 0 Å². The number of nitrogens with zero attached hydrogens (tertiary/aromatic N) is 1. The average molecular weight is 449 g/mol. The molecule has 7 heteroatoms. The third kappa shape index (κ3) is 4.48. The standard InChI is InChI=1S/C20H21BrN2O3S/c1-14-3-6-18(7-4-14)27(25,26)23-11-9-16(10-12-23)20(24)22-17-5-8-19(21)15(2)13-17/h3-9,13H,10-12H2,1-2H3,(H,22,24). The van der Waals surface area contributed by atoms with Gasteiger partial charge in [0, 0.05) is 28.8 Å². The number of hydrogen-bond acceptors (Lipinski definition) is 3. The van der Waals surface area contributed by atoms with E-state index >= 15 is 0 Å². The van der Waals surface area contributed by atoms with Crippen molar-refractivity contribution in [3.8, 4) is 0 Å². The van der Waals surface area contributed by atoms with Crippen LogP contribution >= 0.6 is 15.9 Å². The molecule has 27 heavy (non-hydrogen) atoms. The Balaban J connectivity index is 1.69. The quantitative estimate of drug-likeness (QED) is 0.767. The Morgan fingerprint density at radius 1 is 1.11 bits per heavy atom. The maximum absolute atomic E-state index is 12.7. The molecule has 0 atom stereocenters. The van der Waals surface area contributed by atoms with Crippen molar-refractivity contribution in [1.82, 2.24) is 4.31 Å². The molecule has 0 saturated carbocycles. The highest BCUT2D eigenvalue weighted by Gasteiger charge is 2.27. The van der Waals surface area contributed by atoms with Gasteiger partial charge >= 0.3 is 0 Å². The lowest BCUT2D eigenvalue weighted by Gasteiger charge is -2.25. The van der Waals surface area contributed by atoms with Gasteiger partial charge < -0.3 is 5.32 Å². The molecule has 2 aromatic carbocycles. The van der Waals surface area contributed by atoms with Gasteiger partial charge in [0.05, 0.1) is 4.90 Å². The molecule has 1 heterocycles. The fourth-order valence-electron chi connectivity index (χ4n) is 2.87. The van der Waals surface area contributed by atoms with Gasteiger partial charge in [-0.15, -0.1) is 0 Å². The van der Waals surface area contributed by atoms with Gasteiger partial charge in [-0.3, -0.25) is 4.79 Å². The number of aryl methyl sites for hydroxylation is 2. The molecule has 3 rings (SSSR count). The van der Waals surface area contributed by atoms with Gasteiger partial charge in [-0.25, -0.2) is 8.42 Å². The van der Waals surface area contributed by atoms with E-state index in [-0.39, 0.29) is 23.9 Å². The molecule has 0 saturated heterocycles. The van der Waals surface area contributed by atoms with Crippen LogP contribution in [0.1, 0.15) is 17.5 Å². The van der Waals surface area contributed by atoms with E-state index < -0.39 is 10.0 Å².